The number of carbonyl (C=O) groups is 3. The Kier molecular flexibility index (Phi) is 4.93. The van der Waals surface area contributed by atoms with Crippen LogP contribution in [0.3, 0.4) is 0 Å². The maximum atomic E-state index is 12.0. The number of amides is 2. The number of aliphatic carboxylic acids is 1. The van der Waals surface area contributed by atoms with Crippen molar-refractivity contribution in [3.63, 3.8) is 0 Å². The van der Waals surface area contributed by atoms with E-state index < -0.39 is 5.97 Å². The maximum Gasteiger partial charge on any atom is 0.303 e. The van der Waals surface area contributed by atoms with E-state index in [1.54, 1.807) is 0 Å². The van der Waals surface area contributed by atoms with Crippen LogP contribution in [-0.4, -0.2) is 35.1 Å². The zero-order valence-corrected chi connectivity index (χ0v) is 12.0. The summed E-state index contributed by atoms with van der Waals surface area (Å²) < 4.78 is 0. The van der Waals surface area contributed by atoms with E-state index in [1.165, 1.54) is 0 Å². The van der Waals surface area contributed by atoms with Gasteiger partial charge in [-0.25, -0.2) is 5.43 Å². The van der Waals surface area contributed by atoms with Crippen molar-refractivity contribution >= 4 is 23.5 Å². The molecule has 21 heavy (non-hydrogen) atoms. The van der Waals surface area contributed by atoms with Crippen molar-refractivity contribution in [2.24, 2.45) is 10.5 Å². The van der Waals surface area contributed by atoms with E-state index in [1.807, 2.05) is 0 Å². The zero-order chi connectivity index (χ0) is 15.3. The lowest BCUT2D eigenvalue weighted by Gasteiger charge is -2.36. The Hall–Kier alpha value is -1.92. The standard InChI is InChI=1S/C14H21N3O4/c18-11-5-4-10(16-17-11)13(21)15-9-14(8-12(19)20)6-2-1-3-7-14/h1-9H2,(H,15,21)(H,17,18)(H,19,20). The van der Waals surface area contributed by atoms with Crippen LogP contribution in [0.2, 0.25) is 0 Å². The summed E-state index contributed by atoms with van der Waals surface area (Å²) in [4.78, 5) is 34.1. The molecule has 0 radical (unpaired) electrons. The number of hydrogen-bond donors (Lipinski definition) is 3. The van der Waals surface area contributed by atoms with Gasteiger partial charge in [0.2, 0.25) is 5.91 Å². The largest absolute Gasteiger partial charge is 0.481 e. The number of rotatable bonds is 5. The van der Waals surface area contributed by atoms with Crippen LogP contribution in [0.1, 0.15) is 51.4 Å². The van der Waals surface area contributed by atoms with Crippen LogP contribution in [0.25, 0.3) is 0 Å². The molecule has 2 amide bonds. The molecule has 1 aliphatic carbocycles. The van der Waals surface area contributed by atoms with Crippen molar-refractivity contribution in [3.8, 4) is 0 Å². The fourth-order valence-corrected chi connectivity index (χ4v) is 3.05. The van der Waals surface area contributed by atoms with Gasteiger partial charge < -0.3 is 10.4 Å². The quantitative estimate of drug-likeness (QED) is 0.697. The Balaban J connectivity index is 1.93. The molecule has 0 aromatic rings. The summed E-state index contributed by atoms with van der Waals surface area (Å²) in [5.74, 6) is -1.33. The SMILES string of the molecule is O=C(O)CC1(CNC(=O)C2=NNC(=O)CC2)CCCCC1. The highest BCUT2D eigenvalue weighted by atomic mass is 16.4. The topological polar surface area (TPSA) is 108 Å². The fraction of sp³-hybridized carbons (Fsp3) is 0.714. The normalized spacial score (nSPS) is 21.1. The van der Waals surface area contributed by atoms with Crippen molar-refractivity contribution in [2.45, 2.75) is 51.4 Å². The first kappa shape index (κ1) is 15.5. The molecule has 7 heteroatoms. The molecule has 1 fully saturated rings. The number of carboxylic acid groups (broad SMARTS) is 1. The molecular weight excluding hydrogens is 274 g/mol. The van der Waals surface area contributed by atoms with Gasteiger partial charge in [-0.3, -0.25) is 14.4 Å². The lowest BCUT2D eigenvalue weighted by molar-refractivity contribution is -0.140. The first-order chi connectivity index (χ1) is 10.0. The Bertz CT molecular complexity index is 467. The van der Waals surface area contributed by atoms with Gasteiger partial charge in [0.25, 0.3) is 5.91 Å². The predicted octanol–water partition coefficient (Wildman–Crippen LogP) is 0.794. The second-order valence-corrected chi connectivity index (χ2v) is 5.91. The predicted molar refractivity (Wildman–Crippen MR) is 75.6 cm³/mol. The third-order valence-corrected chi connectivity index (χ3v) is 4.23. The number of carbonyl (C=O) groups excluding carboxylic acids is 2. The fourth-order valence-electron chi connectivity index (χ4n) is 3.05. The third kappa shape index (κ3) is 4.27. The second-order valence-electron chi connectivity index (χ2n) is 5.91. The first-order valence-corrected chi connectivity index (χ1v) is 7.36. The summed E-state index contributed by atoms with van der Waals surface area (Å²) in [6.45, 7) is 0.352. The molecule has 1 saturated carbocycles. The van der Waals surface area contributed by atoms with Gasteiger partial charge in [-0.2, -0.15) is 5.10 Å². The van der Waals surface area contributed by atoms with Gasteiger partial charge in [-0.1, -0.05) is 19.3 Å². The highest BCUT2D eigenvalue weighted by molar-refractivity contribution is 6.39. The van der Waals surface area contributed by atoms with Gasteiger partial charge >= 0.3 is 5.97 Å². The molecule has 3 N–H and O–H groups in total. The number of nitrogens with zero attached hydrogens (tertiary/aromatic N) is 1. The molecule has 2 rings (SSSR count). The first-order valence-electron chi connectivity index (χ1n) is 7.36. The Morgan fingerprint density at radius 3 is 2.52 bits per heavy atom. The van der Waals surface area contributed by atoms with Crippen LogP contribution in [0.5, 0.6) is 0 Å². The van der Waals surface area contributed by atoms with E-state index in [4.69, 9.17) is 5.11 Å². The summed E-state index contributed by atoms with van der Waals surface area (Å²) in [5.41, 5.74) is 2.24. The van der Waals surface area contributed by atoms with Crippen molar-refractivity contribution in [3.05, 3.63) is 0 Å². The van der Waals surface area contributed by atoms with Gasteiger partial charge in [-0.15, -0.1) is 0 Å². The van der Waals surface area contributed by atoms with Crippen LogP contribution in [0, 0.1) is 5.41 Å². The zero-order valence-electron chi connectivity index (χ0n) is 12.0. The lowest BCUT2D eigenvalue weighted by Crippen LogP contribution is -2.44. The van der Waals surface area contributed by atoms with Gasteiger partial charge in [0, 0.05) is 19.4 Å². The van der Waals surface area contributed by atoms with Gasteiger partial charge in [0.1, 0.15) is 5.71 Å². The third-order valence-electron chi connectivity index (χ3n) is 4.23. The van der Waals surface area contributed by atoms with Crippen molar-refractivity contribution in [1.29, 1.82) is 0 Å². The van der Waals surface area contributed by atoms with E-state index >= 15 is 0 Å². The molecule has 2 aliphatic rings. The minimum atomic E-state index is -0.826. The molecule has 7 nitrogen and oxygen atoms in total. The Labute approximate surface area is 123 Å². The van der Waals surface area contributed by atoms with E-state index in [-0.39, 0.29) is 30.1 Å². The number of nitrogens with one attached hydrogen (secondary N) is 2. The van der Waals surface area contributed by atoms with Gasteiger partial charge in [0.15, 0.2) is 0 Å². The van der Waals surface area contributed by atoms with E-state index in [2.05, 4.69) is 15.8 Å². The molecule has 0 bridgehead atoms. The molecule has 0 unspecified atom stereocenters. The van der Waals surface area contributed by atoms with Gasteiger partial charge in [-0.05, 0) is 18.3 Å². The molecule has 1 heterocycles. The van der Waals surface area contributed by atoms with Gasteiger partial charge in [0.05, 0.1) is 6.42 Å². The second kappa shape index (κ2) is 6.69. The number of hydrazone groups is 1. The number of hydrogen-bond acceptors (Lipinski definition) is 4. The lowest BCUT2D eigenvalue weighted by atomic mass is 9.71. The Morgan fingerprint density at radius 1 is 1.24 bits per heavy atom. The molecule has 0 atom stereocenters. The average Bonchev–Trinajstić information content (AvgIpc) is 2.46. The van der Waals surface area contributed by atoms with Crippen molar-refractivity contribution < 1.29 is 19.5 Å². The monoisotopic (exact) mass is 295 g/mol. The molecule has 0 aromatic heterocycles. The summed E-state index contributed by atoms with van der Waals surface area (Å²) in [7, 11) is 0. The minimum Gasteiger partial charge on any atom is -0.481 e. The number of carboxylic acids is 1. The smallest absolute Gasteiger partial charge is 0.303 e. The minimum absolute atomic E-state index is 0.0799. The van der Waals surface area contributed by atoms with Crippen LogP contribution in [-0.2, 0) is 14.4 Å². The summed E-state index contributed by atoms with van der Waals surface area (Å²) in [6, 6.07) is 0. The summed E-state index contributed by atoms with van der Waals surface area (Å²) in [6.07, 6.45) is 5.42. The molecule has 116 valence electrons. The van der Waals surface area contributed by atoms with E-state index in [9.17, 15) is 14.4 Å². The van der Waals surface area contributed by atoms with Crippen LogP contribution in [0.15, 0.2) is 5.10 Å². The molecule has 0 saturated heterocycles. The summed E-state index contributed by atoms with van der Waals surface area (Å²) >= 11 is 0. The highest BCUT2D eigenvalue weighted by Gasteiger charge is 2.35. The van der Waals surface area contributed by atoms with E-state index in [0.29, 0.717) is 18.7 Å². The van der Waals surface area contributed by atoms with Crippen LogP contribution >= 0.6 is 0 Å². The van der Waals surface area contributed by atoms with Crippen LogP contribution < -0.4 is 10.7 Å². The van der Waals surface area contributed by atoms with E-state index in [0.717, 1.165) is 32.1 Å². The Morgan fingerprint density at radius 2 is 1.95 bits per heavy atom. The molecule has 0 aromatic carbocycles. The average molecular weight is 295 g/mol. The van der Waals surface area contributed by atoms with Crippen LogP contribution in [0.4, 0.5) is 0 Å². The molecular formula is C14H21N3O4. The molecule has 1 aliphatic heterocycles. The highest BCUT2D eigenvalue weighted by Crippen LogP contribution is 2.38. The maximum absolute atomic E-state index is 12.0. The summed E-state index contributed by atoms with van der Waals surface area (Å²) in [5, 5.41) is 15.6. The van der Waals surface area contributed by atoms with Crippen molar-refractivity contribution in [2.75, 3.05) is 6.54 Å². The molecule has 0 spiro atoms. The van der Waals surface area contributed by atoms with Crippen molar-refractivity contribution in [1.82, 2.24) is 10.7 Å².